The lowest BCUT2D eigenvalue weighted by Gasteiger charge is -2.33. The second-order valence-corrected chi connectivity index (χ2v) is 11.6. The maximum absolute atomic E-state index is 14.0. The van der Waals surface area contributed by atoms with Crippen LogP contribution in [0.1, 0.15) is 37.8 Å². The zero-order chi connectivity index (χ0) is 29.3. The van der Waals surface area contributed by atoms with Crippen molar-refractivity contribution in [3.05, 3.63) is 88.9 Å². The zero-order valence-corrected chi connectivity index (χ0v) is 24.8. The molecule has 214 valence electrons. The summed E-state index contributed by atoms with van der Waals surface area (Å²) in [4.78, 5) is 28.7. The number of carbonyl (C=O) groups is 2. The van der Waals surface area contributed by atoms with Gasteiger partial charge in [0.1, 0.15) is 18.3 Å². The van der Waals surface area contributed by atoms with E-state index in [1.54, 1.807) is 49.6 Å². The van der Waals surface area contributed by atoms with Gasteiger partial charge in [0.15, 0.2) is 0 Å². The number of methoxy groups -OCH3 is 1. The highest BCUT2D eigenvalue weighted by Crippen LogP contribution is 2.28. The minimum absolute atomic E-state index is 0.0360. The van der Waals surface area contributed by atoms with E-state index in [0.717, 1.165) is 21.9 Å². The maximum Gasteiger partial charge on any atom is 0.264 e. The topological polar surface area (TPSA) is 96.0 Å². The van der Waals surface area contributed by atoms with Crippen molar-refractivity contribution in [2.24, 2.45) is 0 Å². The molecule has 0 spiro atoms. The van der Waals surface area contributed by atoms with Gasteiger partial charge >= 0.3 is 0 Å². The predicted molar refractivity (Wildman–Crippen MR) is 158 cm³/mol. The van der Waals surface area contributed by atoms with Gasteiger partial charge in [-0.05, 0) is 67.3 Å². The first kappa shape index (κ1) is 31.0. The van der Waals surface area contributed by atoms with E-state index in [2.05, 4.69) is 5.32 Å². The van der Waals surface area contributed by atoms with Crippen LogP contribution in [0.3, 0.4) is 0 Å². The molecule has 0 aliphatic rings. The Kier molecular flexibility index (Phi) is 11.0. The van der Waals surface area contributed by atoms with Crippen LogP contribution in [-0.2, 0) is 26.2 Å². The third-order valence-corrected chi connectivity index (χ3v) is 8.70. The van der Waals surface area contributed by atoms with Crippen molar-refractivity contribution >= 4 is 39.1 Å². The number of nitrogens with one attached hydrogen (secondary N) is 1. The fourth-order valence-electron chi connectivity index (χ4n) is 4.20. The Balaban J connectivity index is 2.05. The van der Waals surface area contributed by atoms with Crippen LogP contribution in [-0.4, -0.2) is 51.4 Å². The van der Waals surface area contributed by atoms with Crippen LogP contribution in [0.25, 0.3) is 0 Å². The van der Waals surface area contributed by atoms with Gasteiger partial charge in [-0.3, -0.25) is 13.9 Å². The molecule has 0 heterocycles. The van der Waals surface area contributed by atoms with Gasteiger partial charge in [-0.1, -0.05) is 61.8 Å². The summed E-state index contributed by atoms with van der Waals surface area (Å²) in [5.74, 6) is -0.154. The summed E-state index contributed by atoms with van der Waals surface area (Å²) in [7, 11) is -2.59. The molecule has 0 aliphatic heterocycles. The Labute approximate surface area is 241 Å². The fourth-order valence-corrected chi connectivity index (χ4v) is 5.80. The van der Waals surface area contributed by atoms with Crippen molar-refractivity contribution in [1.29, 1.82) is 0 Å². The summed E-state index contributed by atoms with van der Waals surface area (Å²) in [6, 6.07) is 19.1. The van der Waals surface area contributed by atoms with Crippen LogP contribution in [0.5, 0.6) is 5.75 Å². The molecule has 3 aromatic carbocycles. The number of nitrogens with zero attached hydrogens (tertiary/aromatic N) is 2. The van der Waals surface area contributed by atoms with E-state index in [-0.39, 0.29) is 23.0 Å². The van der Waals surface area contributed by atoms with E-state index in [9.17, 15) is 18.0 Å². The standard InChI is InChI=1S/C30H36ClN3O5S/c1-5-18-32-30(36)28(6-2)33(20-23-13-16-25(39-4)17-14-23)29(35)21-34(24-15-12-22(3)27(31)19-24)40(37,38)26-10-8-7-9-11-26/h7-17,19,28H,5-6,18,20-21H2,1-4H3,(H,32,36)/t28-/m0/s1. The number of benzene rings is 3. The van der Waals surface area contributed by atoms with Gasteiger partial charge in [-0.15, -0.1) is 0 Å². The highest BCUT2D eigenvalue weighted by Gasteiger charge is 2.33. The third-order valence-electron chi connectivity index (χ3n) is 6.50. The molecule has 3 aromatic rings. The van der Waals surface area contributed by atoms with Crippen LogP contribution in [0.2, 0.25) is 5.02 Å². The van der Waals surface area contributed by atoms with Gasteiger partial charge in [0.05, 0.1) is 17.7 Å². The van der Waals surface area contributed by atoms with E-state index < -0.39 is 28.5 Å². The van der Waals surface area contributed by atoms with Crippen molar-refractivity contribution < 1.29 is 22.7 Å². The number of aryl methyl sites for hydroxylation is 1. The van der Waals surface area contributed by atoms with Gasteiger partial charge in [-0.2, -0.15) is 0 Å². The smallest absolute Gasteiger partial charge is 0.264 e. The molecule has 0 saturated heterocycles. The van der Waals surface area contributed by atoms with Crippen LogP contribution in [0, 0.1) is 6.92 Å². The lowest BCUT2D eigenvalue weighted by Crippen LogP contribution is -2.52. The zero-order valence-electron chi connectivity index (χ0n) is 23.3. The maximum atomic E-state index is 14.0. The number of hydrogen-bond acceptors (Lipinski definition) is 5. The van der Waals surface area contributed by atoms with Crippen molar-refractivity contribution in [2.45, 2.75) is 51.1 Å². The molecule has 0 aromatic heterocycles. The molecule has 1 atom stereocenters. The Bertz CT molecular complexity index is 1400. The average Bonchev–Trinajstić information content (AvgIpc) is 2.96. The number of halogens is 1. The molecule has 0 saturated carbocycles. The quantitative estimate of drug-likeness (QED) is 0.298. The van der Waals surface area contributed by atoms with Gasteiger partial charge in [0, 0.05) is 18.1 Å². The first-order chi connectivity index (χ1) is 19.1. The minimum Gasteiger partial charge on any atom is -0.497 e. The highest BCUT2D eigenvalue weighted by molar-refractivity contribution is 7.92. The summed E-state index contributed by atoms with van der Waals surface area (Å²) in [6.07, 6.45) is 1.09. The molecule has 0 radical (unpaired) electrons. The summed E-state index contributed by atoms with van der Waals surface area (Å²) in [5.41, 5.74) is 1.79. The average molecular weight is 586 g/mol. The molecule has 8 nitrogen and oxygen atoms in total. The molecule has 2 amide bonds. The molecule has 0 bridgehead atoms. The predicted octanol–water partition coefficient (Wildman–Crippen LogP) is 5.19. The first-order valence-electron chi connectivity index (χ1n) is 13.2. The monoisotopic (exact) mass is 585 g/mol. The molecular formula is C30H36ClN3O5S. The molecule has 0 fully saturated rings. The molecule has 1 N–H and O–H groups in total. The molecule has 40 heavy (non-hydrogen) atoms. The summed E-state index contributed by atoms with van der Waals surface area (Å²) in [6.45, 7) is 5.63. The minimum atomic E-state index is -4.15. The van der Waals surface area contributed by atoms with Crippen LogP contribution in [0.15, 0.2) is 77.7 Å². The number of carbonyl (C=O) groups excluding carboxylic acids is 2. The molecule has 0 aliphatic carbocycles. The SMILES string of the molecule is CCCNC(=O)[C@H](CC)N(Cc1ccc(OC)cc1)C(=O)CN(c1ccc(C)c(Cl)c1)S(=O)(=O)c1ccccc1. The Hall–Kier alpha value is -3.56. The van der Waals surface area contributed by atoms with Gasteiger partial charge in [0.25, 0.3) is 10.0 Å². The van der Waals surface area contributed by atoms with Crippen LogP contribution < -0.4 is 14.4 Å². The molecular weight excluding hydrogens is 550 g/mol. The first-order valence-corrected chi connectivity index (χ1v) is 15.0. The van der Waals surface area contributed by atoms with Gasteiger partial charge in [-0.25, -0.2) is 8.42 Å². The number of sulfonamides is 1. The largest absolute Gasteiger partial charge is 0.497 e. The van der Waals surface area contributed by atoms with Crippen LogP contribution in [0.4, 0.5) is 5.69 Å². The Morgan fingerprint density at radius 1 is 1.00 bits per heavy atom. The van der Waals surface area contributed by atoms with Gasteiger partial charge < -0.3 is 15.0 Å². The van der Waals surface area contributed by atoms with E-state index in [1.807, 2.05) is 32.9 Å². The van der Waals surface area contributed by atoms with Crippen molar-refractivity contribution in [3.63, 3.8) is 0 Å². The second kappa shape index (κ2) is 14.2. The number of ether oxygens (including phenoxy) is 1. The summed E-state index contributed by atoms with van der Waals surface area (Å²) < 4.78 is 34.0. The Morgan fingerprint density at radius 3 is 2.25 bits per heavy atom. The summed E-state index contributed by atoms with van der Waals surface area (Å²) >= 11 is 6.37. The normalized spacial score (nSPS) is 11.9. The Morgan fingerprint density at radius 2 is 1.68 bits per heavy atom. The highest BCUT2D eigenvalue weighted by atomic mass is 35.5. The molecule has 10 heteroatoms. The molecule has 0 unspecified atom stereocenters. The molecule has 3 rings (SSSR count). The number of anilines is 1. The fraction of sp³-hybridized carbons (Fsp3) is 0.333. The van der Waals surface area contributed by atoms with E-state index in [1.165, 1.54) is 23.1 Å². The van der Waals surface area contributed by atoms with Crippen molar-refractivity contribution in [2.75, 3.05) is 24.5 Å². The summed E-state index contributed by atoms with van der Waals surface area (Å²) in [5, 5.41) is 3.25. The number of rotatable bonds is 13. The van der Waals surface area contributed by atoms with Crippen molar-refractivity contribution in [3.8, 4) is 5.75 Å². The number of hydrogen-bond donors (Lipinski definition) is 1. The second-order valence-electron chi connectivity index (χ2n) is 9.34. The third kappa shape index (κ3) is 7.55. The lowest BCUT2D eigenvalue weighted by molar-refractivity contribution is -0.140. The van der Waals surface area contributed by atoms with Gasteiger partial charge in [0.2, 0.25) is 11.8 Å². The van der Waals surface area contributed by atoms with Crippen molar-refractivity contribution in [1.82, 2.24) is 10.2 Å². The lowest BCUT2D eigenvalue weighted by atomic mass is 10.1. The van der Waals surface area contributed by atoms with E-state index in [0.29, 0.717) is 23.7 Å². The van der Waals surface area contributed by atoms with E-state index >= 15 is 0 Å². The van der Waals surface area contributed by atoms with E-state index in [4.69, 9.17) is 16.3 Å². The van der Waals surface area contributed by atoms with Crippen LogP contribution >= 0.6 is 11.6 Å². The number of amides is 2.